The van der Waals surface area contributed by atoms with Crippen molar-refractivity contribution >= 4 is 17.9 Å². The molecular formula is C31H54O8. The summed E-state index contributed by atoms with van der Waals surface area (Å²) in [6.45, 7) is 11.6. The Bertz CT molecular complexity index is 834. The van der Waals surface area contributed by atoms with E-state index >= 15 is 0 Å². The number of aliphatic hydroxyl groups is 2. The van der Waals surface area contributed by atoms with Crippen LogP contribution in [0.1, 0.15) is 112 Å². The molecule has 0 spiro atoms. The van der Waals surface area contributed by atoms with Gasteiger partial charge in [-0.25, -0.2) is 0 Å². The van der Waals surface area contributed by atoms with Crippen molar-refractivity contribution in [3.05, 3.63) is 0 Å². The van der Waals surface area contributed by atoms with Crippen LogP contribution in [0.2, 0.25) is 0 Å². The van der Waals surface area contributed by atoms with Crippen LogP contribution in [0.3, 0.4) is 0 Å². The predicted octanol–water partition coefficient (Wildman–Crippen LogP) is 5.37. The SMILES string of the molecule is CCC(C)(CO)C(=O)OC.CCC(C)C(=O)OC1CC[C@@]2(C)C(CCC3C2CC[C@](C)(O)C3CCC(=O)O)C1. The second-order valence-corrected chi connectivity index (χ2v) is 13.2. The summed E-state index contributed by atoms with van der Waals surface area (Å²) in [4.78, 5) is 34.3. The molecule has 8 heteroatoms. The zero-order valence-electron chi connectivity index (χ0n) is 25.3. The van der Waals surface area contributed by atoms with Gasteiger partial charge in [-0.3, -0.25) is 14.4 Å². The maximum absolute atomic E-state index is 12.3. The number of aliphatic hydroxyl groups excluding tert-OH is 1. The van der Waals surface area contributed by atoms with Gasteiger partial charge in [-0.1, -0.05) is 27.7 Å². The number of carbonyl (C=O) groups is 3. The first-order valence-corrected chi connectivity index (χ1v) is 15.0. The third kappa shape index (κ3) is 7.75. The smallest absolute Gasteiger partial charge is 0.313 e. The van der Waals surface area contributed by atoms with Gasteiger partial charge < -0.3 is 24.8 Å². The van der Waals surface area contributed by atoms with Crippen LogP contribution in [-0.2, 0) is 23.9 Å². The molecule has 39 heavy (non-hydrogen) atoms. The predicted molar refractivity (Wildman–Crippen MR) is 149 cm³/mol. The van der Waals surface area contributed by atoms with Crippen LogP contribution >= 0.6 is 0 Å². The summed E-state index contributed by atoms with van der Waals surface area (Å²) >= 11 is 0. The van der Waals surface area contributed by atoms with Gasteiger partial charge in [0.25, 0.3) is 0 Å². The second kappa shape index (κ2) is 13.8. The summed E-state index contributed by atoms with van der Waals surface area (Å²) in [5, 5.41) is 29.0. The van der Waals surface area contributed by atoms with E-state index in [2.05, 4.69) is 11.7 Å². The zero-order valence-corrected chi connectivity index (χ0v) is 25.3. The summed E-state index contributed by atoms with van der Waals surface area (Å²) in [6.07, 6.45) is 9.02. The lowest BCUT2D eigenvalue weighted by Gasteiger charge is -2.60. The normalized spacial score (nSPS) is 36.1. The average Bonchev–Trinajstić information content (AvgIpc) is 2.90. The fourth-order valence-corrected chi connectivity index (χ4v) is 7.45. The van der Waals surface area contributed by atoms with Gasteiger partial charge in [0, 0.05) is 6.42 Å². The van der Waals surface area contributed by atoms with E-state index in [1.54, 1.807) is 6.92 Å². The largest absolute Gasteiger partial charge is 0.481 e. The first kappa shape index (κ1) is 33.5. The van der Waals surface area contributed by atoms with Gasteiger partial charge in [0.2, 0.25) is 0 Å². The van der Waals surface area contributed by atoms with E-state index in [1.165, 1.54) is 7.11 Å². The Morgan fingerprint density at radius 1 is 1.08 bits per heavy atom. The van der Waals surface area contributed by atoms with Gasteiger partial charge in [-0.15, -0.1) is 0 Å². The van der Waals surface area contributed by atoms with Gasteiger partial charge in [-0.05, 0) is 107 Å². The number of hydrogen-bond acceptors (Lipinski definition) is 7. The van der Waals surface area contributed by atoms with E-state index in [-0.39, 0.29) is 48.3 Å². The van der Waals surface area contributed by atoms with Crippen molar-refractivity contribution in [2.45, 2.75) is 124 Å². The average molecular weight is 555 g/mol. The molecule has 0 aliphatic heterocycles. The van der Waals surface area contributed by atoms with Crippen molar-refractivity contribution in [3.63, 3.8) is 0 Å². The molecule has 3 aliphatic carbocycles. The van der Waals surface area contributed by atoms with Crippen LogP contribution < -0.4 is 0 Å². The summed E-state index contributed by atoms with van der Waals surface area (Å²) in [5.74, 6) is 0.340. The second-order valence-electron chi connectivity index (χ2n) is 13.2. The van der Waals surface area contributed by atoms with Crippen LogP contribution in [0.5, 0.6) is 0 Å². The van der Waals surface area contributed by atoms with Crippen LogP contribution in [0.25, 0.3) is 0 Å². The third-order valence-electron chi connectivity index (χ3n) is 10.7. The summed E-state index contributed by atoms with van der Waals surface area (Å²) < 4.78 is 10.3. The molecule has 3 aliphatic rings. The lowest BCUT2D eigenvalue weighted by molar-refractivity contribution is -0.174. The molecular weight excluding hydrogens is 500 g/mol. The standard InChI is InChI=1S/C24H40O5.C7H14O3/c1-5-15(2)22(27)29-17-10-12-23(3)16(14-17)6-7-18-19(23)11-13-24(4,28)20(18)8-9-21(25)26;1-4-7(2,5-8)6(9)10-3/h15-20,28H,5-14H2,1-4H3,(H,25,26);8H,4-5H2,1-3H3/t15?,16?,17?,18?,19?,20?,23-,24-;/m0./s1. The molecule has 0 bridgehead atoms. The Hall–Kier alpha value is -1.67. The molecule has 0 radical (unpaired) electrons. The van der Waals surface area contributed by atoms with Crippen LogP contribution in [0.15, 0.2) is 0 Å². The lowest BCUT2D eigenvalue weighted by atomic mass is 9.46. The van der Waals surface area contributed by atoms with Gasteiger partial charge in [0.05, 0.1) is 30.7 Å². The molecule has 0 saturated heterocycles. The fourth-order valence-electron chi connectivity index (χ4n) is 7.45. The van der Waals surface area contributed by atoms with Crippen LogP contribution in [0, 0.1) is 40.4 Å². The number of ether oxygens (including phenoxy) is 2. The summed E-state index contributed by atoms with van der Waals surface area (Å²) in [6, 6.07) is 0. The van der Waals surface area contributed by atoms with E-state index in [4.69, 9.17) is 9.84 Å². The number of hydrogen-bond donors (Lipinski definition) is 3. The first-order valence-electron chi connectivity index (χ1n) is 15.0. The van der Waals surface area contributed by atoms with Crippen LogP contribution in [-0.4, -0.2) is 58.6 Å². The number of esters is 2. The highest BCUT2D eigenvalue weighted by atomic mass is 16.5. The van der Waals surface area contributed by atoms with E-state index in [0.29, 0.717) is 30.6 Å². The number of fused-ring (bicyclic) bond motifs is 3. The molecule has 0 amide bonds. The number of carboxylic acids is 1. The van der Waals surface area contributed by atoms with E-state index < -0.39 is 17.0 Å². The highest BCUT2D eigenvalue weighted by molar-refractivity contribution is 5.76. The number of methoxy groups -OCH3 is 1. The van der Waals surface area contributed by atoms with E-state index in [9.17, 15) is 24.6 Å². The molecule has 0 heterocycles. The Morgan fingerprint density at radius 3 is 2.26 bits per heavy atom. The highest BCUT2D eigenvalue weighted by Crippen LogP contribution is 2.62. The van der Waals surface area contributed by atoms with Crippen molar-refractivity contribution in [2.24, 2.45) is 40.4 Å². The minimum atomic E-state index is -0.772. The topological polar surface area (TPSA) is 130 Å². The Kier molecular flexibility index (Phi) is 11.9. The van der Waals surface area contributed by atoms with E-state index in [0.717, 1.165) is 51.4 Å². The van der Waals surface area contributed by atoms with E-state index in [1.807, 2.05) is 27.7 Å². The Labute approximate surface area is 235 Å². The minimum Gasteiger partial charge on any atom is -0.481 e. The molecule has 226 valence electrons. The maximum atomic E-state index is 12.3. The molecule has 0 aromatic carbocycles. The molecule has 0 aromatic heterocycles. The number of carbonyl (C=O) groups excluding carboxylic acids is 2. The lowest BCUT2D eigenvalue weighted by Crippen LogP contribution is -2.56. The van der Waals surface area contributed by atoms with Gasteiger partial charge >= 0.3 is 17.9 Å². The molecule has 3 fully saturated rings. The molecule has 3 N–H and O–H groups in total. The fraction of sp³-hybridized carbons (Fsp3) is 0.903. The van der Waals surface area contributed by atoms with Crippen molar-refractivity contribution in [3.8, 4) is 0 Å². The monoisotopic (exact) mass is 554 g/mol. The molecule has 3 rings (SSSR count). The van der Waals surface area contributed by atoms with Gasteiger partial charge in [0.15, 0.2) is 0 Å². The molecule has 0 aromatic rings. The number of rotatable bonds is 9. The molecule has 9 atom stereocenters. The molecule has 7 unspecified atom stereocenters. The Balaban J connectivity index is 0.000000455. The number of aliphatic carboxylic acids is 1. The van der Waals surface area contributed by atoms with Crippen molar-refractivity contribution in [2.75, 3.05) is 13.7 Å². The van der Waals surface area contributed by atoms with Gasteiger partial charge in [-0.2, -0.15) is 0 Å². The summed E-state index contributed by atoms with van der Waals surface area (Å²) in [7, 11) is 1.33. The maximum Gasteiger partial charge on any atom is 0.313 e. The van der Waals surface area contributed by atoms with Gasteiger partial charge in [0.1, 0.15) is 6.10 Å². The van der Waals surface area contributed by atoms with Crippen LogP contribution in [0.4, 0.5) is 0 Å². The first-order chi connectivity index (χ1) is 18.2. The number of carboxylic acid groups (broad SMARTS) is 1. The van der Waals surface area contributed by atoms with Crippen molar-refractivity contribution in [1.29, 1.82) is 0 Å². The minimum absolute atomic E-state index is 0.0328. The molecule has 8 nitrogen and oxygen atoms in total. The van der Waals surface area contributed by atoms with Crippen molar-refractivity contribution in [1.82, 2.24) is 0 Å². The quantitative estimate of drug-likeness (QED) is 0.324. The summed E-state index contributed by atoms with van der Waals surface area (Å²) in [5.41, 5.74) is -1.27. The van der Waals surface area contributed by atoms with Crippen molar-refractivity contribution < 1.29 is 39.2 Å². The third-order valence-corrected chi connectivity index (χ3v) is 10.7. The highest BCUT2D eigenvalue weighted by Gasteiger charge is 2.57. The Morgan fingerprint density at radius 2 is 1.74 bits per heavy atom. The zero-order chi connectivity index (χ0) is 29.6. The molecule has 3 saturated carbocycles.